The minimum atomic E-state index is -1.06. The van der Waals surface area contributed by atoms with E-state index in [-0.39, 0.29) is 18.1 Å². The van der Waals surface area contributed by atoms with Crippen LogP contribution in [-0.4, -0.2) is 55.5 Å². The van der Waals surface area contributed by atoms with Gasteiger partial charge in [0.2, 0.25) is 0 Å². The topological polar surface area (TPSA) is 113 Å². The molecule has 27 heavy (non-hydrogen) atoms. The molecule has 0 aliphatic carbocycles. The zero-order chi connectivity index (χ0) is 19.0. The maximum absolute atomic E-state index is 12.8. The number of amides is 1. The van der Waals surface area contributed by atoms with Crippen LogP contribution in [0.5, 0.6) is 5.75 Å². The number of aromatic amines is 1. The summed E-state index contributed by atoms with van der Waals surface area (Å²) in [5.41, 5.74) is 2.53. The number of carboxylic acids is 1. The Morgan fingerprint density at radius 1 is 1.30 bits per heavy atom. The van der Waals surface area contributed by atoms with E-state index in [9.17, 15) is 9.59 Å². The second-order valence-electron chi connectivity index (χ2n) is 6.16. The molecule has 1 aliphatic heterocycles. The first-order valence-corrected chi connectivity index (χ1v) is 8.35. The molecule has 0 spiro atoms. The first-order valence-electron chi connectivity index (χ1n) is 8.35. The lowest BCUT2D eigenvalue weighted by Gasteiger charge is -2.26. The van der Waals surface area contributed by atoms with E-state index in [2.05, 4.69) is 15.3 Å². The predicted octanol–water partition coefficient (Wildman–Crippen LogP) is 1.50. The van der Waals surface area contributed by atoms with Crippen molar-refractivity contribution in [2.24, 2.45) is 0 Å². The van der Waals surface area contributed by atoms with Gasteiger partial charge in [-0.15, -0.1) is 0 Å². The number of hydrogen-bond donors (Lipinski definition) is 2. The van der Waals surface area contributed by atoms with Crippen molar-refractivity contribution in [1.82, 2.24) is 24.9 Å². The lowest BCUT2D eigenvalue weighted by atomic mass is 10.0. The molecule has 2 N–H and O–H groups in total. The number of fused-ring (bicyclic) bond motifs is 1. The monoisotopic (exact) mass is 367 g/mol. The van der Waals surface area contributed by atoms with Crippen LogP contribution in [0.3, 0.4) is 0 Å². The third kappa shape index (κ3) is 2.92. The highest BCUT2D eigenvalue weighted by Gasteiger charge is 2.28. The summed E-state index contributed by atoms with van der Waals surface area (Å²) in [7, 11) is 1.58. The van der Waals surface area contributed by atoms with Crippen LogP contribution in [0.15, 0.2) is 36.7 Å². The van der Waals surface area contributed by atoms with Gasteiger partial charge in [0.25, 0.3) is 5.91 Å². The Morgan fingerprint density at radius 3 is 2.89 bits per heavy atom. The Balaban J connectivity index is 1.56. The second kappa shape index (κ2) is 6.60. The molecule has 0 saturated heterocycles. The van der Waals surface area contributed by atoms with Gasteiger partial charge in [-0.1, -0.05) is 12.1 Å². The fourth-order valence-corrected chi connectivity index (χ4v) is 3.23. The van der Waals surface area contributed by atoms with E-state index < -0.39 is 5.97 Å². The predicted molar refractivity (Wildman–Crippen MR) is 94.1 cm³/mol. The number of aromatic nitrogens is 4. The molecule has 0 atom stereocenters. The minimum Gasteiger partial charge on any atom is -0.494 e. The molecule has 1 amide bonds. The molecular weight excluding hydrogens is 350 g/mol. The SMILES string of the molecule is COc1ccccc1-n1cc(C(=O)N2CCc3c(C(=O)O)n[nH]c3C2)cn1. The van der Waals surface area contributed by atoms with Crippen molar-refractivity contribution in [2.75, 3.05) is 13.7 Å². The Morgan fingerprint density at radius 2 is 2.11 bits per heavy atom. The van der Waals surface area contributed by atoms with Gasteiger partial charge in [-0.25, -0.2) is 9.48 Å². The number of carboxylic acid groups (broad SMARTS) is 1. The summed E-state index contributed by atoms with van der Waals surface area (Å²) in [6, 6.07) is 7.40. The van der Waals surface area contributed by atoms with Gasteiger partial charge in [-0.3, -0.25) is 9.89 Å². The van der Waals surface area contributed by atoms with Crippen molar-refractivity contribution in [3.63, 3.8) is 0 Å². The summed E-state index contributed by atoms with van der Waals surface area (Å²) in [6.45, 7) is 0.708. The van der Waals surface area contributed by atoms with Crippen LogP contribution >= 0.6 is 0 Å². The summed E-state index contributed by atoms with van der Waals surface area (Å²) >= 11 is 0. The van der Waals surface area contributed by atoms with Gasteiger partial charge in [-0.2, -0.15) is 10.2 Å². The normalized spacial score (nSPS) is 13.3. The number of carbonyl (C=O) groups excluding carboxylic acids is 1. The summed E-state index contributed by atoms with van der Waals surface area (Å²) in [5.74, 6) is -0.584. The Hall–Kier alpha value is -3.62. The third-order valence-corrected chi connectivity index (χ3v) is 4.58. The lowest BCUT2D eigenvalue weighted by molar-refractivity contribution is 0.0689. The van der Waals surface area contributed by atoms with Crippen LogP contribution < -0.4 is 4.74 Å². The van der Waals surface area contributed by atoms with Crippen molar-refractivity contribution in [3.8, 4) is 11.4 Å². The molecule has 3 aromatic rings. The standard InChI is InChI=1S/C18H17N5O4/c1-27-15-5-3-2-4-14(15)23-9-11(8-19-23)17(24)22-7-6-12-13(10-22)20-21-16(12)18(25)26/h2-5,8-9H,6-7,10H2,1H3,(H,20,21)(H,25,26). The number of carbonyl (C=O) groups is 2. The number of hydrogen-bond acceptors (Lipinski definition) is 5. The van der Waals surface area contributed by atoms with E-state index in [0.717, 1.165) is 5.69 Å². The Bertz CT molecular complexity index is 1020. The maximum atomic E-state index is 12.8. The first-order chi connectivity index (χ1) is 13.1. The molecule has 9 heteroatoms. The van der Waals surface area contributed by atoms with Crippen molar-refractivity contribution < 1.29 is 19.4 Å². The molecule has 9 nitrogen and oxygen atoms in total. The number of H-pyrrole nitrogens is 1. The van der Waals surface area contributed by atoms with E-state index >= 15 is 0 Å². The van der Waals surface area contributed by atoms with E-state index in [1.165, 1.54) is 6.20 Å². The molecule has 0 fully saturated rings. The van der Waals surface area contributed by atoms with Crippen LogP contribution in [0.2, 0.25) is 0 Å². The number of ether oxygens (including phenoxy) is 1. The van der Waals surface area contributed by atoms with Gasteiger partial charge in [-0.05, 0) is 18.6 Å². The zero-order valence-corrected chi connectivity index (χ0v) is 14.5. The average molecular weight is 367 g/mol. The number of nitrogens with zero attached hydrogens (tertiary/aromatic N) is 4. The summed E-state index contributed by atoms with van der Waals surface area (Å²) in [5, 5.41) is 20.0. The smallest absolute Gasteiger partial charge is 0.356 e. The summed E-state index contributed by atoms with van der Waals surface area (Å²) < 4.78 is 6.93. The Labute approximate surface area is 154 Å². The number of benzene rings is 1. The number of methoxy groups -OCH3 is 1. The summed E-state index contributed by atoms with van der Waals surface area (Å²) in [4.78, 5) is 25.7. The van der Waals surface area contributed by atoms with E-state index in [1.54, 1.807) is 22.9 Å². The minimum absolute atomic E-state index is 0.0288. The number of aromatic carboxylic acids is 1. The van der Waals surface area contributed by atoms with Gasteiger partial charge in [0.05, 0.1) is 31.1 Å². The lowest BCUT2D eigenvalue weighted by Crippen LogP contribution is -2.36. The Kier molecular flexibility index (Phi) is 4.11. The van der Waals surface area contributed by atoms with Gasteiger partial charge in [0.1, 0.15) is 11.4 Å². The van der Waals surface area contributed by atoms with Crippen molar-refractivity contribution >= 4 is 11.9 Å². The molecule has 1 aromatic carbocycles. The largest absolute Gasteiger partial charge is 0.494 e. The van der Waals surface area contributed by atoms with Crippen LogP contribution in [-0.2, 0) is 13.0 Å². The molecule has 0 unspecified atom stereocenters. The fourth-order valence-electron chi connectivity index (χ4n) is 3.23. The summed E-state index contributed by atoms with van der Waals surface area (Å²) in [6.07, 6.45) is 3.62. The maximum Gasteiger partial charge on any atom is 0.356 e. The molecule has 1 aliphatic rings. The molecule has 138 valence electrons. The van der Waals surface area contributed by atoms with E-state index in [1.807, 2.05) is 24.3 Å². The van der Waals surface area contributed by atoms with Gasteiger partial charge >= 0.3 is 5.97 Å². The molecule has 0 radical (unpaired) electrons. The molecule has 2 aromatic heterocycles. The fraction of sp³-hybridized carbons (Fsp3) is 0.222. The zero-order valence-electron chi connectivity index (χ0n) is 14.5. The molecule has 4 rings (SSSR count). The van der Waals surface area contributed by atoms with Gasteiger partial charge < -0.3 is 14.7 Å². The molecule has 3 heterocycles. The average Bonchev–Trinajstić information content (AvgIpc) is 3.34. The molecule has 0 bridgehead atoms. The second-order valence-corrected chi connectivity index (χ2v) is 6.16. The van der Waals surface area contributed by atoms with Gasteiger partial charge in [0.15, 0.2) is 5.69 Å². The highest BCUT2D eigenvalue weighted by molar-refractivity contribution is 5.94. The van der Waals surface area contributed by atoms with E-state index in [4.69, 9.17) is 9.84 Å². The highest BCUT2D eigenvalue weighted by atomic mass is 16.5. The molecular formula is C18H17N5O4. The van der Waals surface area contributed by atoms with Gasteiger partial charge in [0, 0.05) is 18.3 Å². The van der Waals surface area contributed by atoms with Crippen LogP contribution in [0.25, 0.3) is 5.69 Å². The van der Waals surface area contributed by atoms with Crippen LogP contribution in [0, 0.1) is 0 Å². The quantitative estimate of drug-likeness (QED) is 0.722. The number of rotatable bonds is 4. The number of para-hydroxylation sites is 2. The van der Waals surface area contributed by atoms with Crippen molar-refractivity contribution in [3.05, 3.63) is 59.2 Å². The van der Waals surface area contributed by atoms with E-state index in [0.29, 0.717) is 35.5 Å². The molecule has 0 saturated carbocycles. The van der Waals surface area contributed by atoms with Crippen molar-refractivity contribution in [1.29, 1.82) is 0 Å². The van der Waals surface area contributed by atoms with Crippen LogP contribution in [0.4, 0.5) is 0 Å². The number of nitrogens with one attached hydrogen (secondary N) is 1. The third-order valence-electron chi connectivity index (χ3n) is 4.58. The first kappa shape index (κ1) is 16.8. The highest BCUT2D eigenvalue weighted by Crippen LogP contribution is 2.24. The van der Waals surface area contributed by atoms with Crippen LogP contribution in [0.1, 0.15) is 32.1 Å². The van der Waals surface area contributed by atoms with Crippen molar-refractivity contribution in [2.45, 2.75) is 13.0 Å².